The minimum absolute atomic E-state index is 0.270. The molecule has 0 aromatic heterocycles. The number of rotatable bonds is 7. The molecule has 0 spiro atoms. The highest BCUT2D eigenvalue weighted by Crippen LogP contribution is 2.22. The van der Waals surface area contributed by atoms with E-state index in [0.29, 0.717) is 19.1 Å². The number of likely N-dealkylation sites (tertiary alicyclic amines) is 1. The summed E-state index contributed by atoms with van der Waals surface area (Å²) < 4.78 is 5.75. The number of aryl methyl sites for hydroxylation is 1. The molecule has 0 aliphatic carbocycles. The monoisotopic (exact) mass is 337 g/mol. The zero-order valence-corrected chi connectivity index (χ0v) is 15.0. The van der Waals surface area contributed by atoms with Crippen LogP contribution in [0.3, 0.4) is 0 Å². The van der Waals surface area contributed by atoms with E-state index in [1.165, 1.54) is 11.1 Å². The maximum Gasteiger partial charge on any atom is 0.222 e. The van der Waals surface area contributed by atoms with Crippen molar-refractivity contribution in [2.45, 2.75) is 45.1 Å². The molecule has 1 amide bonds. The molecule has 0 saturated carbocycles. The van der Waals surface area contributed by atoms with Crippen LogP contribution in [0, 0.1) is 6.92 Å². The van der Waals surface area contributed by atoms with Crippen LogP contribution in [-0.2, 0) is 11.2 Å². The van der Waals surface area contributed by atoms with Gasteiger partial charge in [0.15, 0.2) is 0 Å². The van der Waals surface area contributed by atoms with Crippen molar-refractivity contribution in [1.29, 1.82) is 0 Å². The van der Waals surface area contributed by atoms with E-state index in [1.807, 2.05) is 24.3 Å². The molecule has 1 unspecified atom stereocenters. The van der Waals surface area contributed by atoms with Crippen LogP contribution < -0.4 is 4.74 Å². The van der Waals surface area contributed by atoms with Crippen LogP contribution in [-0.4, -0.2) is 30.0 Å². The van der Waals surface area contributed by atoms with Crippen molar-refractivity contribution < 1.29 is 9.53 Å². The summed E-state index contributed by atoms with van der Waals surface area (Å²) in [6, 6.07) is 18.9. The van der Waals surface area contributed by atoms with Gasteiger partial charge in [0, 0.05) is 19.0 Å². The first-order chi connectivity index (χ1) is 12.2. The maximum absolute atomic E-state index is 12.6. The van der Waals surface area contributed by atoms with E-state index in [-0.39, 0.29) is 5.91 Å². The smallest absolute Gasteiger partial charge is 0.222 e. The van der Waals surface area contributed by atoms with Crippen molar-refractivity contribution in [1.82, 2.24) is 4.90 Å². The van der Waals surface area contributed by atoms with Gasteiger partial charge in [-0.3, -0.25) is 4.79 Å². The summed E-state index contributed by atoms with van der Waals surface area (Å²) in [7, 11) is 0. The summed E-state index contributed by atoms with van der Waals surface area (Å²) in [4.78, 5) is 14.7. The van der Waals surface area contributed by atoms with Gasteiger partial charge >= 0.3 is 0 Å². The Morgan fingerprint density at radius 3 is 2.80 bits per heavy atom. The maximum atomic E-state index is 12.6. The lowest BCUT2D eigenvalue weighted by Gasteiger charge is -2.25. The Balaban J connectivity index is 1.44. The molecule has 0 bridgehead atoms. The van der Waals surface area contributed by atoms with Crippen LogP contribution >= 0.6 is 0 Å². The number of nitrogens with zero attached hydrogens (tertiary/aromatic N) is 1. The zero-order valence-electron chi connectivity index (χ0n) is 15.0. The molecule has 3 rings (SSSR count). The molecular weight excluding hydrogens is 310 g/mol. The fourth-order valence-corrected chi connectivity index (χ4v) is 3.52. The molecule has 1 saturated heterocycles. The summed E-state index contributed by atoms with van der Waals surface area (Å²) in [6.07, 6.45) is 4.52. The summed E-state index contributed by atoms with van der Waals surface area (Å²) >= 11 is 0. The molecule has 3 heteroatoms. The van der Waals surface area contributed by atoms with Crippen molar-refractivity contribution >= 4 is 5.91 Å². The summed E-state index contributed by atoms with van der Waals surface area (Å²) in [5, 5.41) is 0. The van der Waals surface area contributed by atoms with Gasteiger partial charge in [-0.2, -0.15) is 0 Å². The number of carbonyl (C=O) groups is 1. The van der Waals surface area contributed by atoms with Crippen molar-refractivity contribution in [2.24, 2.45) is 0 Å². The summed E-state index contributed by atoms with van der Waals surface area (Å²) in [5.74, 6) is 1.15. The van der Waals surface area contributed by atoms with E-state index in [0.717, 1.165) is 38.0 Å². The molecule has 2 aromatic carbocycles. The van der Waals surface area contributed by atoms with E-state index in [1.54, 1.807) is 0 Å². The van der Waals surface area contributed by atoms with Crippen LogP contribution in [0.1, 0.15) is 36.8 Å². The number of carbonyl (C=O) groups excluding carboxylic acids is 1. The molecule has 1 aliphatic rings. The van der Waals surface area contributed by atoms with Crippen LogP contribution in [0.15, 0.2) is 54.6 Å². The first-order valence-corrected chi connectivity index (χ1v) is 9.25. The van der Waals surface area contributed by atoms with Gasteiger partial charge in [0.1, 0.15) is 5.75 Å². The third-order valence-electron chi connectivity index (χ3n) is 4.80. The Labute approximate surface area is 150 Å². The molecule has 25 heavy (non-hydrogen) atoms. The Hall–Kier alpha value is -2.29. The first-order valence-electron chi connectivity index (χ1n) is 9.25. The second-order valence-electron chi connectivity index (χ2n) is 6.84. The third-order valence-corrected chi connectivity index (χ3v) is 4.80. The van der Waals surface area contributed by atoms with Gasteiger partial charge < -0.3 is 9.64 Å². The molecular formula is C22H27NO2. The van der Waals surface area contributed by atoms with Crippen LogP contribution in [0.4, 0.5) is 0 Å². The Morgan fingerprint density at radius 2 is 2.00 bits per heavy atom. The van der Waals surface area contributed by atoms with Crippen molar-refractivity contribution in [3.63, 3.8) is 0 Å². The SMILES string of the molecule is Cc1cccc(OCCCC(=O)N2CCCC2Cc2ccccc2)c1. The van der Waals surface area contributed by atoms with Crippen molar-refractivity contribution in [3.8, 4) is 5.75 Å². The molecule has 1 atom stereocenters. The Bertz CT molecular complexity index is 683. The topological polar surface area (TPSA) is 29.5 Å². The number of ether oxygens (including phenoxy) is 1. The highest BCUT2D eigenvalue weighted by molar-refractivity contribution is 5.76. The Morgan fingerprint density at radius 1 is 1.16 bits per heavy atom. The van der Waals surface area contributed by atoms with Gasteiger partial charge in [0.05, 0.1) is 6.61 Å². The Kier molecular flexibility index (Phi) is 6.10. The minimum atomic E-state index is 0.270. The van der Waals surface area contributed by atoms with E-state index in [9.17, 15) is 4.79 Å². The predicted octanol–water partition coefficient (Wildman–Crippen LogP) is 4.39. The van der Waals surface area contributed by atoms with E-state index in [2.05, 4.69) is 42.2 Å². The largest absolute Gasteiger partial charge is 0.494 e. The van der Waals surface area contributed by atoms with Crippen LogP contribution in [0.2, 0.25) is 0 Å². The van der Waals surface area contributed by atoms with E-state index >= 15 is 0 Å². The lowest BCUT2D eigenvalue weighted by atomic mass is 10.0. The lowest BCUT2D eigenvalue weighted by molar-refractivity contribution is -0.132. The summed E-state index contributed by atoms with van der Waals surface area (Å²) in [5.41, 5.74) is 2.50. The van der Waals surface area contributed by atoms with Gasteiger partial charge in [-0.1, -0.05) is 42.5 Å². The number of benzene rings is 2. The van der Waals surface area contributed by atoms with E-state index < -0.39 is 0 Å². The number of hydrogen-bond donors (Lipinski definition) is 0. The molecule has 3 nitrogen and oxygen atoms in total. The predicted molar refractivity (Wildman–Crippen MR) is 101 cm³/mol. The lowest BCUT2D eigenvalue weighted by Crippen LogP contribution is -2.36. The molecule has 1 aliphatic heterocycles. The number of hydrogen-bond acceptors (Lipinski definition) is 2. The van der Waals surface area contributed by atoms with Gasteiger partial charge in [0.2, 0.25) is 5.91 Å². The van der Waals surface area contributed by atoms with Gasteiger partial charge in [0.25, 0.3) is 0 Å². The molecule has 1 heterocycles. The van der Waals surface area contributed by atoms with Crippen LogP contribution in [0.25, 0.3) is 0 Å². The molecule has 0 radical (unpaired) electrons. The molecule has 132 valence electrons. The van der Waals surface area contributed by atoms with Gasteiger partial charge in [-0.25, -0.2) is 0 Å². The highest BCUT2D eigenvalue weighted by atomic mass is 16.5. The van der Waals surface area contributed by atoms with E-state index in [4.69, 9.17) is 4.74 Å². The molecule has 1 fully saturated rings. The second kappa shape index (κ2) is 8.70. The quantitative estimate of drug-likeness (QED) is 0.701. The molecule has 0 N–H and O–H groups in total. The van der Waals surface area contributed by atoms with Crippen molar-refractivity contribution in [2.75, 3.05) is 13.2 Å². The molecule has 2 aromatic rings. The second-order valence-corrected chi connectivity index (χ2v) is 6.84. The van der Waals surface area contributed by atoms with Gasteiger partial charge in [-0.15, -0.1) is 0 Å². The number of amides is 1. The summed E-state index contributed by atoms with van der Waals surface area (Å²) in [6.45, 7) is 3.54. The first kappa shape index (κ1) is 17.5. The standard InChI is InChI=1S/C22H27NO2/c1-18-8-5-12-21(16-18)25-15-7-13-22(24)23-14-6-11-20(23)17-19-9-3-2-4-10-19/h2-5,8-10,12,16,20H,6-7,11,13-15,17H2,1H3. The normalized spacial score (nSPS) is 16.8. The zero-order chi connectivity index (χ0) is 17.5. The van der Waals surface area contributed by atoms with Gasteiger partial charge in [-0.05, 0) is 55.9 Å². The average molecular weight is 337 g/mol. The third kappa shape index (κ3) is 5.09. The highest BCUT2D eigenvalue weighted by Gasteiger charge is 2.28. The minimum Gasteiger partial charge on any atom is -0.494 e. The fourth-order valence-electron chi connectivity index (χ4n) is 3.52. The fraction of sp³-hybridized carbons (Fsp3) is 0.409. The van der Waals surface area contributed by atoms with Crippen molar-refractivity contribution in [3.05, 3.63) is 65.7 Å². The average Bonchev–Trinajstić information content (AvgIpc) is 3.08. The van der Waals surface area contributed by atoms with Crippen LogP contribution in [0.5, 0.6) is 5.75 Å².